The first kappa shape index (κ1) is 13.1. The normalized spacial score (nSPS) is 17.7. The molecule has 0 bridgehead atoms. The van der Waals surface area contributed by atoms with Crippen molar-refractivity contribution in [3.05, 3.63) is 34.8 Å². The molecule has 0 aliphatic carbocycles. The fourth-order valence-electron chi connectivity index (χ4n) is 2.85. The summed E-state index contributed by atoms with van der Waals surface area (Å²) in [5.41, 5.74) is 1.16. The lowest BCUT2D eigenvalue weighted by molar-refractivity contribution is 0.287. The highest BCUT2D eigenvalue weighted by atomic mass is 79.9. The van der Waals surface area contributed by atoms with Crippen molar-refractivity contribution in [2.75, 3.05) is 19.6 Å². The summed E-state index contributed by atoms with van der Waals surface area (Å²) in [6.07, 6.45) is 8.63. The molecule has 1 aliphatic rings. The van der Waals surface area contributed by atoms with Crippen LogP contribution in [0.25, 0.3) is 5.52 Å². The lowest BCUT2D eigenvalue weighted by Crippen LogP contribution is -2.27. The van der Waals surface area contributed by atoms with Gasteiger partial charge in [-0.05, 0) is 54.0 Å². The molecule has 0 atom stereocenters. The van der Waals surface area contributed by atoms with Crippen molar-refractivity contribution in [2.45, 2.75) is 32.1 Å². The average molecular weight is 322 g/mol. The van der Waals surface area contributed by atoms with E-state index < -0.39 is 0 Å². The molecular formula is C15H20BrN3. The van der Waals surface area contributed by atoms with Crippen LogP contribution in [-0.2, 0) is 6.42 Å². The zero-order chi connectivity index (χ0) is 13.1. The van der Waals surface area contributed by atoms with E-state index in [9.17, 15) is 0 Å². The van der Waals surface area contributed by atoms with Crippen molar-refractivity contribution in [3.8, 4) is 0 Å². The Bertz CT molecular complexity index is 541. The van der Waals surface area contributed by atoms with Gasteiger partial charge in [0.25, 0.3) is 0 Å². The topological polar surface area (TPSA) is 20.5 Å². The third-order valence-electron chi connectivity index (χ3n) is 3.93. The van der Waals surface area contributed by atoms with Crippen LogP contribution in [0.1, 0.15) is 31.5 Å². The Balaban J connectivity index is 1.71. The molecule has 1 aliphatic heterocycles. The molecule has 0 spiro atoms. The van der Waals surface area contributed by atoms with Crippen LogP contribution in [0.15, 0.2) is 29.0 Å². The molecule has 2 aromatic heterocycles. The number of pyridine rings is 1. The van der Waals surface area contributed by atoms with E-state index in [0.29, 0.717) is 0 Å². The molecule has 3 nitrogen and oxygen atoms in total. The fourth-order valence-corrected chi connectivity index (χ4v) is 3.38. The summed E-state index contributed by atoms with van der Waals surface area (Å²) >= 11 is 3.55. The van der Waals surface area contributed by atoms with Crippen LogP contribution in [0, 0.1) is 0 Å². The maximum absolute atomic E-state index is 4.65. The predicted octanol–water partition coefficient (Wildman–Crippen LogP) is 3.52. The Morgan fingerprint density at radius 2 is 1.89 bits per heavy atom. The molecule has 3 heterocycles. The van der Waals surface area contributed by atoms with Crippen LogP contribution in [0.5, 0.6) is 0 Å². The third-order valence-corrected chi connectivity index (χ3v) is 4.51. The van der Waals surface area contributed by atoms with Crippen molar-refractivity contribution in [1.29, 1.82) is 0 Å². The van der Waals surface area contributed by atoms with Gasteiger partial charge in [0.05, 0.1) is 5.52 Å². The lowest BCUT2D eigenvalue weighted by atomic mass is 10.2. The van der Waals surface area contributed by atoms with Gasteiger partial charge >= 0.3 is 0 Å². The summed E-state index contributed by atoms with van der Waals surface area (Å²) in [5.74, 6) is 1.16. The van der Waals surface area contributed by atoms with E-state index in [0.717, 1.165) is 28.9 Å². The van der Waals surface area contributed by atoms with Gasteiger partial charge in [0.2, 0.25) is 0 Å². The van der Waals surface area contributed by atoms with Gasteiger partial charge in [0, 0.05) is 19.2 Å². The van der Waals surface area contributed by atoms with Gasteiger partial charge < -0.3 is 9.30 Å². The number of rotatable bonds is 3. The first-order valence-corrected chi connectivity index (χ1v) is 7.98. The molecular weight excluding hydrogens is 302 g/mol. The van der Waals surface area contributed by atoms with Gasteiger partial charge in [-0.3, -0.25) is 0 Å². The van der Waals surface area contributed by atoms with Crippen LogP contribution >= 0.6 is 15.9 Å². The quantitative estimate of drug-likeness (QED) is 0.862. The molecule has 1 saturated heterocycles. The highest BCUT2D eigenvalue weighted by Gasteiger charge is 2.12. The van der Waals surface area contributed by atoms with Crippen LogP contribution in [-0.4, -0.2) is 33.9 Å². The molecule has 0 saturated carbocycles. The number of halogens is 1. The highest BCUT2D eigenvalue weighted by Crippen LogP contribution is 2.19. The molecule has 4 heteroatoms. The summed E-state index contributed by atoms with van der Waals surface area (Å²) in [6.45, 7) is 3.63. The average Bonchev–Trinajstić information content (AvgIpc) is 2.63. The predicted molar refractivity (Wildman–Crippen MR) is 81.5 cm³/mol. The van der Waals surface area contributed by atoms with Crippen molar-refractivity contribution < 1.29 is 0 Å². The van der Waals surface area contributed by atoms with Gasteiger partial charge in [-0.25, -0.2) is 4.98 Å². The second-order valence-corrected chi connectivity index (χ2v) is 6.03. The molecule has 0 amide bonds. The number of imidazole rings is 1. The molecule has 0 N–H and O–H groups in total. The molecule has 0 unspecified atom stereocenters. The molecule has 0 aromatic carbocycles. The van der Waals surface area contributed by atoms with E-state index in [2.05, 4.69) is 54.6 Å². The van der Waals surface area contributed by atoms with Crippen LogP contribution < -0.4 is 0 Å². The summed E-state index contributed by atoms with van der Waals surface area (Å²) in [5, 5.41) is 0. The number of hydrogen-bond donors (Lipinski definition) is 0. The minimum absolute atomic E-state index is 0.957. The van der Waals surface area contributed by atoms with Gasteiger partial charge in [0.15, 0.2) is 0 Å². The summed E-state index contributed by atoms with van der Waals surface area (Å²) in [4.78, 5) is 7.24. The van der Waals surface area contributed by atoms with Gasteiger partial charge in [-0.15, -0.1) is 0 Å². The maximum Gasteiger partial charge on any atom is 0.132 e. The zero-order valence-electron chi connectivity index (χ0n) is 11.2. The monoisotopic (exact) mass is 321 g/mol. The van der Waals surface area contributed by atoms with Gasteiger partial charge in [-0.2, -0.15) is 0 Å². The van der Waals surface area contributed by atoms with Crippen molar-refractivity contribution >= 4 is 21.4 Å². The summed E-state index contributed by atoms with van der Waals surface area (Å²) in [7, 11) is 0. The minimum Gasteiger partial charge on any atom is -0.303 e. The Morgan fingerprint density at radius 3 is 2.68 bits per heavy atom. The smallest absolute Gasteiger partial charge is 0.132 e. The van der Waals surface area contributed by atoms with Crippen molar-refractivity contribution in [3.63, 3.8) is 0 Å². The Hall–Kier alpha value is -0.870. The number of hydrogen-bond acceptors (Lipinski definition) is 2. The largest absolute Gasteiger partial charge is 0.303 e. The third kappa shape index (κ3) is 3.00. The van der Waals surface area contributed by atoms with Gasteiger partial charge in [-0.1, -0.05) is 18.9 Å². The van der Waals surface area contributed by atoms with E-state index in [1.807, 2.05) is 0 Å². The Labute approximate surface area is 122 Å². The number of nitrogens with zero attached hydrogens (tertiary/aromatic N) is 3. The molecule has 3 rings (SSSR count). The van der Waals surface area contributed by atoms with E-state index in [1.165, 1.54) is 38.8 Å². The number of likely N-dealkylation sites (tertiary alicyclic amines) is 1. The van der Waals surface area contributed by atoms with E-state index in [4.69, 9.17) is 0 Å². The zero-order valence-corrected chi connectivity index (χ0v) is 12.8. The first-order valence-electron chi connectivity index (χ1n) is 7.18. The van der Waals surface area contributed by atoms with Crippen LogP contribution in [0.3, 0.4) is 0 Å². The number of aromatic nitrogens is 2. The highest BCUT2D eigenvalue weighted by molar-refractivity contribution is 9.10. The van der Waals surface area contributed by atoms with Crippen molar-refractivity contribution in [2.24, 2.45) is 0 Å². The molecule has 1 fully saturated rings. The van der Waals surface area contributed by atoms with E-state index in [-0.39, 0.29) is 0 Å². The van der Waals surface area contributed by atoms with Crippen LogP contribution in [0.2, 0.25) is 0 Å². The second-order valence-electron chi connectivity index (χ2n) is 5.28. The van der Waals surface area contributed by atoms with E-state index in [1.54, 1.807) is 0 Å². The van der Waals surface area contributed by atoms with Crippen LogP contribution in [0.4, 0.5) is 0 Å². The Kier molecular flexibility index (Phi) is 4.18. The number of fused-ring (bicyclic) bond motifs is 1. The second kappa shape index (κ2) is 6.06. The molecule has 2 aromatic rings. The molecule has 19 heavy (non-hydrogen) atoms. The SMILES string of the molecule is Brc1nc(CCN2CCCCCC2)n2ccccc12. The standard InChI is InChI=1S/C15H20BrN3/c16-15-13-7-3-6-11-19(13)14(17-15)8-12-18-9-4-1-2-5-10-18/h3,6-7,11H,1-2,4-5,8-10,12H2. The van der Waals surface area contributed by atoms with E-state index >= 15 is 0 Å². The summed E-state index contributed by atoms with van der Waals surface area (Å²) < 4.78 is 3.15. The lowest BCUT2D eigenvalue weighted by Gasteiger charge is -2.18. The van der Waals surface area contributed by atoms with Crippen molar-refractivity contribution in [1.82, 2.24) is 14.3 Å². The maximum atomic E-state index is 4.65. The summed E-state index contributed by atoms with van der Waals surface area (Å²) in [6, 6.07) is 6.23. The van der Waals surface area contributed by atoms with Gasteiger partial charge in [0.1, 0.15) is 10.4 Å². The molecule has 0 radical (unpaired) electrons. The molecule has 102 valence electrons. The Morgan fingerprint density at radius 1 is 1.11 bits per heavy atom. The minimum atomic E-state index is 0.957. The fraction of sp³-hybridized carbons (Fsp3) is 0.533. The first-order chi connectivity index (χ1) is 9.34.